The van der Waals surface area contributed by atoms with E-state index in [4.69, 9.17) is 16.7 Å². The Bertz CT molecular complexity index is 252. The Hall–Kier alpha value is -0.480. The van der Waals surface area contributed by atoms with Crippen molar-refractivity contribution in [1.29, 1.82) is 0 Å². The summed E-state index contributed by atoms with van der Waals surface area (Å²) in [5.41, 5.74) is 0.129. The smallest absolute Gasteiger partial charge is 0.488 e. The zero-order chi connectivity index (χ0) is 11.1. The molecule has 1 N–H and O–H groups in total. The van der Waals surface area contributed by atoms with E-state index >= 15 is 0 Å². The summed E-state index contributed by atoms with van der Waals surface area (Å²) >= 11 is 5.41. The molecule has 5 nitrogen and oxygen atoms in total. The van der Waals surface area contributed by atoms with Crippen LogP contribution in [0.15, 0.2) is 11.6 Å². The van der Waals surface area contributed by atoms with E-state index in [-0.39, 0.29) is 17.9 Å². The summed E-state index contributed by atoms with van der Waals surface area (Å²) in [4.78, 5) is 20.5. The first-order valence-electron chi connectivity index (χ1n) is 3.74. The average Bonchev–Trinajstić information content (AvgIpc) is 2.10. The van der Waals surface area contributed by atoms with Crippen molar-refractivity contribution in [3.8, 4) is 0 Å². The first kappa shape index (κ1) is 13.5. The number of carboxylic acids is 1. The molecule has 0 aliphatic heterocycles. The Labute approximate surface area is 87.3 Å². The highest BCUT2D eigenvalue weighted by Crippen LogP contribution is 2.17. The van der Waals surface area contributed by atoms with Gasteiger partial charge >= 0.3 is 14.2 Å². The first-order valence-corrected chi connectivity index (χ1v) is 5.37. The second kappa shape index (κ2) is 6.90. The van der Waals surface area contributed by atoms with Crippen molar-refractivity contribution in [1.82, 2.24) is 0 Å². The normalized spacial score (nSPS) is 15.1. The van der Waals surface area contributed by atoms with Crippen molar-refractivity contribution in [2.24, 2.45) is 0 Å². The summed E-state index contributed by atoms with van der Waals surface area (Å²) < 4.78 is 14.6. The second-order valence-corrected chi connectivity index (χ2v) is 3.50. The van der Waals surface area contributed by atoms with E-state index in [2.05, 4.69) is 4.52 Å². The van der Waals surface area contributed by atoms with Crippen LogP contribution in [0.2, 0.25) is 0 Å². The van der Waals surface area contributed by atoms with Crippen LogP contribution in [0.25, 0.3) is 0 Å². The molecule has 0 aliphatic carbocycles. The van der Waals surface area contributed by atoms with Crippen LogP contribution in [0.3, 0.4) is 0 Å². The minimum Gasteiger partial charge on any atom is -0.566 e. The first-order chi connectivity index (χ1) is 6.47. The van der Waals surface area contributed by atoms with Crippen molar-refractivity contribution < 1.29 is 23.9 Å². The van der Waals surface area contributed by atoms with Gasteiger partial charge in [0.25, 0.3) is 0 Å². The molecule has 0 saturated heterocycles. The fourth-order valence-electron chi connectivity index (χ4n) is 0.651. The van der Waals surface area contributed by atoms with Gasteiger partial charge in [0, 0.05) is 5.57 Å². The third-order valence-corrected chi connectivity index (χ3v) is 2.25. The predicted molar refractivity (Wildman–Crippen MR) is 49.2 cm³/mol. The van der Waals surface area contributed by atoms with Gasteiger partial charge in [0.1, 0.15) is 6.10 Å². The lowest BCUT2D eigenvalue weighted by atomic mass is 10.2. The SMILES string of the molecule is CC(=CCC(CCl)O[P+](=O)[O-])C(=O)O. The Kier molecular flexibility index (Phi) is 6.66. The lowest BCUT2D eigenvalue weighted by Gasteiger charge is -2.04. The molecule has 0 amide bonds. The lowest BCUT2D eigenvalue weighted by molar-refractivity contribution is -0.188. The van der Waals surface area contributed by atoms with E-state index in [1.165, 1.54) is 13.0 Å². The fraction of sp³-hybridized carbons (Fsp3) is 0.571. The monoisotopic (exact) mass is 240 g/mol. The number of carbonyl (C=O) groups is 1. The minimum atomic E-state index is -2.95. The standard InChI is InChI=1S/C7H10ClO5P/c1-5(7(9)10)2-3-6(4-8)13-14(11)12/h2,6H,3-4H2,1H3,(H,9,10). The van der Waals surface area contributed by atoms with Crippen LogP contribution in [-0.4, -0.2) is 23.1 Å². The van der Waals surface area contributed by atoms with Crippen LogP contribution < -0.4 is 4.89 Å². The number of rotatable bonds is 6. The van der Waals surface area contributed by atoms with E-state index < -0.39 is 20.3 Å². The van der Waals surface area contributed by atoms with Gasteiger partial charge in [-0.3, -0.25) is 0 Å². The number of hydrogen-bond donors (Lipinski definition) is 1. The minimum absolute atomic E-state index is 0.00723. The molecular formula is C7H10ClO5P. The van der Waals surface area contributed by atoms with Crippen LogP contribution in [0.1, 0.15) is 13.3 Å². The quantitative estimate of drug-likeness (QED) is 0.426. The molecule has 14 heavy (non-hydrogen) atoms. The molecule has 0 bridgehead atoms. The maximum Gasteiger partial charge on any atom is 0.488 e. The fourth-order valence-corrected chi connectivity index (χ4v) is 1.33. The van der Waals surface area contributed by atoms with E-state index in [1.807, 2.05) is 0 Å². The molecule has 0 aromatic rings. The van der Waals surface area contributed by atoms with Crippen LogP contribution in [-0.2, 0) is 13.9 Å². The predicted octanol–water partition coefficient (Wildman–Crippen LogP) is 1.05. The molecule has 0 radical (unpaired) electrons. The average molecular weight is 241 g/mol. The van der Waals surface area contributed by atoms with Gasteiger partial charge in [-0.25, -0.2) is 4.79 Å². The number of hydrogen-bond acceptors (Lipinski definition) is 4. The topological polar surface area (TPSA) is 86.7 Å². The molecule has 0 heterocycles. The largest absolute Gasteiger partial charge is 0.566 e. The molecule has 2 atom stereocenters. The molecule has 0 spiro atoms. The summed E-state index contributed by atoms with van der Waals surface area (Å²) in [5, 5.41) is 8.49. The van der Waals surface area contributed by atoms with Gasteiger partial charge in [-0.05, 0) is 17.9 Å². The van der Waals surface area contributed by atoms with Gasteiger partial charge < -0.3 is 10.00 Å². The summed E-state index contributed by atoms with van der Waals surface area (Å²) in [6.07, 6.45) is 0.825. The van der Waals surface area contributed by atoms with Gasteiger partial charge in [0.05, 0.1) is 5.88 Å². The molecule has 0 rings (SSSR count). The highest BCUT2D eigenvalue weighted by Gasteiger charge is 2.15. The Morgan fingerprint density at radius 2 is 2.36 bits per heavy atom. The number of halogens is 1. The molecule has 80 valence electrons. The molecule has 0 aliphatic rings. The second-order valence-electron chi connectivity index (χ2n) is 2.53. The maximum absolute atomic E-state index is 10.4. The molecule has 0 fully saturated rings. The highest BCUT2D eigenvalue weighted by atomic mass is 35.5. The van der Waals surface area contributed by atoms with Crippen molar-refractivity contribution in [3.63, 3.8) is 0 Å². The maximum atomic E-state index is 10.4. The third kappa shape index (κ3) is 6.05. The van der Waals surface area contributed by atoms with Crippen LogP contribution in [0.5, 0.6) is 0 Å². The Morgan fingerprint density at radius 1 is 1.79 bits per heavy atom. The van der Waals surface area contributed by atoms with Gasteiger partial charge in [0.15, 0.2) is 0 Å². The number of aliphatic carboxylic acids is 1. The van der Waals surface area contributed by atoms with E-state index in [0.29, 0.717) is 0 Å². The molecule has 7 heteroatoms. The van der Waals surface area contributed by atoms with Crippen LogP contribution in [0, 0.1) is 0 Å². The van der Waals surface area contributed by atoms with Crippen molar-refractivity contribution in [2.75, 3.05) is 5.88 Å². The van der Waals surface area contributed by atoms with Gasteiger partial charge in [0.2, 0.25) is 0 Å². The van der Waals surface area contributed by atoms with E-state index in [9.17, 15) is 14.3 Å². The van der Waals surface area contributed by atoms with Gasteiger partial charge in [-0.2, -0.15) is 0 Å². The Morgan fingerprint density at radius 3 is 2.71 bits per heavy atom. The summed E-state index contributed by atoms with van der Waals surface area (Å²) in [6.45, 7) is 1.41. The molecular weight excluding hydrogens is 230 g/mol. The van der Waals surface area contributed by atoms with Crippen molar-refractivity contribution >= 4 is 25.8 Å². The number of alkyl halides is 1. The molecule has 0 aromatic carbocycles. The Balaban J connectivity index is 4.13. The van der Waals surface area contributed by atoms with Crippen molar-refractivity contribution in [3.05, 3.63) is 11.6 Å². The van der Waals surface area contributed by atoms with Crippen LogP contribution >= 0.6 is 19.9 Å². The van der Waals surface area contributed by atoms with E-state index in [0.717, 1.165) is 0 Å². The zero-order valence-electron chi connectivity index (χ0n) is 7.47. The highest BCUT2D eigenvalue weighted by molar-refractivity contribution is 7.30. The lowest BCUT2D eigenvalue weighted by Crippen LogP contribution is -2.12. The molecule has 2 unspecified atom stereocenters. The zero-order valence-corrected chi connectivity index (χ0v) is 9.12. The summed E-state index contributed by atoms with van der Waals surface area (Å²) in [5.74, 6) is -1.06. The third-order valence-electron chi connectivity index (χ3n) is 1.43. The van der Waals surface area contributed by atoms with Crippen molar-refractivity contribution in [2.45, 2.75) is 19.4 Å². The van der Waals surface area contributed by atoms with Gasteiger partial charge in [-0.15, -0.1) is 16.1 Å². The van der Waals surface area contributed by atoms with Crippen LogP contribution in [0.4, 0.5) is 0 Å². The summed E-state index contributed by atoms with van der Waals surface area (Å²) in [6, 6.07) is 0. The number of carboxylic acid groups (broad SMARTS) is 1. The summed E-state index contributed by atoms with van der Waals surface area (Å²) in [7, 11) is -2.95. The van der Waals surface area contributed by atoms with E-state index in [1.54, 1.807) is 0 Å². The molecule has 0 saturated carbocycles. The molecule has 0 aromatic heterocycles. The van der Waals surface area contributed by atoms with Gasteiger partial charge in [-0.1, -0.05) is 6.08 Å².